The molecule has 5 heteroatoms. The zero-order chi connectivity index (χ0) is 10.2. The van der Waals surface area contributed by atoms with Crippen LogP contribution < -0.4 is 0 Å². The maximum atomic E-state index is 10.7. The maximum absolute atomic E-state index is 10.7. The van der Waals surface area contributed by atoms with Crippen molar-refractivity contribution in [3.63, 3.8) is 0 Å². The summed E-state index contributed by atoms with van der Waals surface area (Å²) in [5.74, 6) is -0.988. The van der Waals surface area contributed by atoms with Crippen LogP contribution in [0.2, 0.25) is 0 Å². The summed E-state index contributed by atoms with van der Waals surface area (Å²) in [6.45, 7) is 5.71. The van der Waals surface area contributed by atoms with Crippen LogP contribution in [-0.4, -0.2) is 20.6 Å². The lowest BCUT2D eigenvalue weighted by Gasteiger charge is -2.10. The van der Waals surface area contributed by atoms with E-state index in [4.69, 9.17) is 5.11 Å². The van der Waals surface area contributed by atoms with Crippen molar-refractivity contribution in [2.75, 3.05) is 0 Å². The zero-order valence-corrected chi connectivity index (χ0v) is 9.29. The van der Waals surface area contributed by atoms with Crippen LogP contribution in [0.1, 0.15) is 36.1 Å². The summed E-state index contributed by atoms with van der Waals surface area (Å²) in [5.41, 5.74) is 0.787. The summed E-state index contributed by atoms with van der Waals surface area (Å²) in [6, 6.07) is 0.204. The summed E-state index contributed by atoms with van der Waals surface area (Å²) in [5, 5.41) is 8.79. The molecule has 0 aliphatic heterocycles. The van der Waals surface area contributed by atoms with Crippen molar-refractivity contribution >= 4 is 21.9 Å². The van der Waals surface area contributed by atoms with Gasteiger partial charge in [0.2, 0.25) is 0 Å². The third-order valence-electron chi connectivity index (χ3n) is 1.83. The molecule has 0 aliphatic rings. The first-order valence-electron chi connectivity index (χ1n) is 3.92. The molecule has 1 heterocycles. The summed E-state index contributed by atoms with van der Waals surface area (Å²) >= 11 is 3.23. The second kappa shape index (κ2) is 3.49. The number of aromatic carboxylic acids is 1. The Morgan fingerprint density at radius 3 is 2.38 bits per heavy atom. The number of carbonyl (C=O) groups is 1. The van der Waals surface area contributed by atoms with Crippen molar-refractivity contribution in [1.82, 2.24) is 9.55 Å². The lowest BCUT2D eigenvalue weighted by Crippen LogP contribution is -2.05. The molecular weight excluding hydrogens is 236 g/mol. The molecule has 0 aromatic carbocycles. The van der Waals surface area contributed by atoms with E-state index in [2.05, 4.69) is 20.9 Å². The molecular formula is C8H11BrN2O2. The molecule has 0 spiro atoms. The van der Waals surface area contributed by atoms with Crippen LogP contribution in [0.25, 0.3) is 0 Å². The van der Waals surface area contributed by atoms with Crippen molar-refractivity contribution < 1.29 is 9.90 Å². The van der Waals surface area contributed by atoms with Gasteiger partial charge in [0.05, 0.1) is 5.69 Å². The van der Waals surface area contributed by atoms with E-state index in [9.17, 15) is 4.79 Å². The Hall–Kier alpha value is -0.840. The van der Waals surface area contributed by atoms with Crippen LogP contribution in [0, 0.1) is 6.92 Å². The first-order valence-corrected chi connectivity index (χ1v) is 4.72. The van der Waals surface area contributed by atoms with Crippen LogP contribution in [-0.2, 0) is 0 Å². The van der Waals surface area contributed by atoms with E-state index in [1.165, 1.54) is 0 Å². The lowest BCUT2D eigenvalue weighted by molar-refractivity contribution is 0.0690. The smallest absolute Gasteiger partial charge is 0.356 e. The number of carboxylic acids is 1. The van der Waals surface area contributed by atoms with Crippen molar-refractivity contribution in [3.05, 3.63) is 16.1 Å². The van der Waals surface area contributed by atoms with Crippen LogP contribution >= 0.6 is 15.9 Å². The van der Waals surface area contributed by atoms with Gasteiger partial charge in [-0.05, 0) is 36.7 Å². The molecule has 0 radical (unpaired) electrons. The summed E-state index contributed by atoms with van der Waals surface area (Å²) in [7, 11) is 0. The van der Waals surface area contributed by atoms with Gasteiger partial charge in [-0.3, -0.25) is 0 Å². The third-order valence-corrected chi connectivity index (χ3v) is 2.39. The average Bonchev–Trinajstić information content (AvgIpc) is 2.26. The molecule has 0 aliphatic carbocycles. The molecule has 0 fully saturated rings. The van der Waals surface area contributed by atoms with Gasteiger partial charge in [-0.2, -0.15) is 0 Å². The Labute approximate surface area is 84.7 Å². The van der Waals surface area contributed by atoms with E-state index in [1.807, 2.05) is 18.4 Å². The minimum Gasteiger partial charge on any atom is -0.476 e. The number of rotatable bonds is 2. The molecule has 0 bridgehead atoms. The van der Waals surface area contributed by atoms with Crippen molar-refractivity contribution in [1.29, 1.82) is 0 Å². The Morgan fingerprint density at radius 2 is 2.15 bits per heavy atom. The Bertz CT molecular complexity index is 344. The second-order valence-electron chi connectivity index (χ2n) is 3.08. The molecule has 0 amide bonds. The Kier molecular flexibility index (Phi) is 2.75. The molecule has 4 nitrogen and oxygen atoms in total. The van der Waals surface area contributed by atoms with Gasteiger partial charge in [0.1, 0.15) is 0 Å². The molecule has 1 N–H and O–H groups in total. The van der Waals surface area contributed by atoms with Crippen LogP contribution in [0.3, 0.4) is 0 Å². The minimum atomic E-state index is -0.988. The van der Waals surface area contributed by atoms with E-state index in [1.54, 1.807) is 6.92 Å². The van der Waals surface area contributed by atoms with E-state index >= 15 is 0 Å². The fourth-order valence-electron chi connectivity index (χ4n) is 1.28. The lowest BCUT2D eigenvalue weighted by atomic mass is 10.3. The quantitative estimate of drug-likeness (QED) is 0.871. The number of hydrogen-bond donors (Lipinski definition) is 1. The van der Waals surface area contributed by atoms with Gasteiger partial charge in [0, 0.05) is 6.04 Å². The Morgan fingerprint density at radius 1 is 1.62 bits per heavy atom. The number of carboxylic acid groups (broad SMARTS) is 1. The Balaban J connectivity index is 3.30. The van der Waals surface area contributed by atoms with E-state index in [0.29, 0.717) is 10.4 Å². The van der Waals surface area contributed by atoms with Gasteiger partial charge in [0.15, 0.2) is 10.4 Å². The standard InChI is InChI=1S/C8H11BrN2O2/c1-4(2)11-5(3)6(7(12)13)10-8(11)9/h4H,1-3H3,(H,12,13). The van der Waals surface area contributed by atoms with Gasteiger partial charge >= 0.3 is 5.97 Å². The van der Waals surface area contributed by atoms with Gasteiger partial charge < -0.3 is 9.67 Å². The molecule has 1 rings (SSSR count). The molecule has 0 unspecified atom stereocenters. The number of hydrogen-bond acceptors (Lipinski definition) is 2. The topological polar surface area (TPSA) is 55.1 Å². The largest absolute Gasteiger partial charge is 0.476 e. The molecule has 72 valence electrons. The van der Waals surface area contributed by atoms with E-state index < -0.39 is 5.97 Å². The van der Waals surface area contributed by atoms with E-state index in [0.717, 1.165) is 0 Å². The van der Waals surface area contributed by atoms with Crippen molar-refractivity contribution in [2.45, 2.75) is 26.8 Å². The zero-order valence-electron chi connectivity index (χ0n) is 7.71. The highest BCUT2D eigenvalue weighted by atomic mass is 79.9. The minimum absolute atomic E-state index is 0.112. The van der Waals surface area contributed by atoms with Crippen LogP contribution in [0.4, 0.5) is 0 Å². The highest BCUT2D eigenvalue weighted by Crippen LogP contribution is 2.21. The molecule has 1 aromatic heterocycles. The number of nitrogens with zero attached hydrogens (tertiary/aromatic N) is 2. The average molecular weight is 247 g/mol. The molecule has 0 saturated heterocycles. The molecule has 1 aromatic rings. The normalized spacial score (nSPS) is 10.8. The summed E-state index contributed by atoms with van der Waals surface area (Å²) < 4.78 is 2.40. The maximum Gasteiger partial charge on any atom is 0.356 e. The fraction of sp³-hybridized carbons (Fsp3) is 0.500. The first kappa shape index (κ1) is 10.2. The van der Waals surface area contributed by atoms with Crippen LogP contribution in [0.15, 0.2) is 4.73 Å². The fourth-order valence-corrected chi connectivity index (χ4v) is 2.14. The van der Waals surface area contributed by atoms with Gasteiger partial charge in [-0.15, -0.1) is 0 Å². The van der Waals surface area contributed by atoms with Crippen LogP contribution in [0.5, 0.6) is 0 Å². The third kappa shape index (κ3) is 1.75. The monoisotopic (exact) mass is 246 g/mol. The SMILES string of the molecule is Cc1c(C(=O)O)nc(Br)n1C(C)C. The molecule has 0 atom stereocenters. The molecule has 0 saturated carbocycles. The summed E-state index contributed by atoms with van der Waals surface area (Å²) in [6.07, 6.45) is 0. The van der Waals surface area contributed by atoms with E-state index in [-0.39, 0.29) is 11.7 Å². The van der Waals surface area contributed by atoms with Crippen molar-refractivity contribution in [2.24, 2.45) is 0 Å². The first-order chi connectivity index (χ1) is 5.95. The van der Waals surface area contributed by atoms with Gasteiger partial charge in [0.25, 0.3) is 0 Å². The predicted molar refractivity (Wildman–Crippen MR) is 52.0 cm³/mol. The number of halogens is 1. The predicted octanol–water partition coefficient (Wildman–Crippen LogP) is 2.23. The highest BCUT2D eigenvalue weighted by Gasteiger charge is 2.18. The number of aromatic nitrogens is 2. The summed E-state index contributed by atoms with van der Waals surface area (Å²) in [4.78, 5) is 14.6. The van der Waals surface area contributed by atoms with Gasteiger partial charge in [-0.25, -0.2) is 9.78 Å². The second-order valence-corrected chi connectivity index (χ2v) is 3.79. The number of imidazole rings is 1. The highest BCUT2D eigenvalue weighted by molar-refractivity contribution is 9.10. The molecule has 13 heavy (non-hydrogen) atoms. The van der Waals surface area contributed by atoms with Crippen molar-refractivity contribution in [3.8, 4) is 0 Å². The van der Waals surface area contributed by atoms with Gasteiger partial charge in [-0.1, -0.05) is 0 Å².